The molecule has 1 amide bonds. The second-order valence-electron chi connectivity index (χ2n) is 7.95. The number of fused-ring (bicyclic) bond motifs is 2. The highest BCUT2D eigenvalue weighted by Crippen LogP contribution is 2.31. The van der Waals surface area contributed by atoms with Crippen molar-refractivity contribution in [3.8, 4) is 0 Å². The summed E-state index contributed by atoms with van der Waals surface area (Å²) < 4.78 is 0. The number of nitrogens with zero attached hydrogens (tertiary/aromatic N) is 3. The topological polar surface area (TPSA) is 85.4 Å². The first-order valence-electron chi connectivity index (χ1n) is 10.8. The third kappa shape index (κ3) is 4.73. The SMILES string of the molecule is CN1C(=O)C(NC(=S)NCc2nc3ccccc3[nH]2)N=C(c2ccccc2Cl)c2cc(Cl)ccc21. The number of hydrogen-bond donors (Lipinski definition) is 3. The molecule has 1 aliphatic rings. The Morgan fingerprint density at radius 3 is 2.66 bits per heavy atom. The van der Waals surface area contributed by atoms with Gasteiger partial charge in [-0.3, -0.25) is 4.79 Å². The summed E-state index contributed by atoms with van der Waals surface area (Å²) in [6, 6.07) is 20.4. The molecule has 7 nitrogen and oxygen atoms in total. The Bertz CT molecular complexity index is 1450. The number of rotatable bonds is 4. The van der Waals surface area contributed by atoms with Crippen molar-refractivity contribution in [1.82, 2.24) is 20.6 Å². The summed E-state index contributed by atoms with van der Waals surface area (Å²) in [5.41, 5.74) is 4.41. The molecule has 0 radical (unpaired) electrons. The predicted molar refractivity (Wildman–Crippen MR) is 144 cm³/mol. The van der Waals surface area contributed by atoms with Gasteiger partial charge in [0, 0.05) is 28.2 Å². The van der Waals surface area contributed by atoms with Crippen molar-refractivity contribution in [2.45, 2.75) is 12.7 Å². The van der Waals surface area contributed by atoms with Gasteiger partial charge in [0.05, 0.1) is 29.0 Å². The molecule has 5 rings (SSSR count). The maximum Gasteiger partial charge on any atom is 0.272 e. The number of H-pyrrole nitrogens is 1. The van der Waals surface area contributed by atoms with Crippen LogP contribution in [0.3, 0.4) is 0 Å². The zero-order chi connectivity index (χ0) is 24.5. The molecular formula is C25H20Cl2N6OS. The third-order valence-electron chi connectivity index (χ3n) is 5.65. The fourth-order valence-corrected chi connectivity index (χ4v) is 4.52. The Labute approximate surface area is 217 Å². The number of imidazole rings is 1. The van der Waals surface area contributed by atoms with Gasteiger partial charge >= 0.3 is 0 Å². The largest absolute Gasteiger partial charge is 0.355 e. The van der Waals surface area contributed by atoms with E-state index in [1.165, 1.54) is 0 Å². The summed E-state index contributed by atoms with van der Waals surface area (Å²) in [6.07, 6.45) is -0.979. The van der Waals surface area contributed by atoms with Crippen LogP contribution in [0.1, 0.15) is 17.0 Å². The molecule has 176 valence electrons. The molecule has 0 fully saturated rings. The number of likely N-dealkylation sites (N-methyl/N-ethyl adjacent to an activating group) is 1. The number of carbonyl (C=O) groups is 1. The molecule has 3 aromatic carbocycles. The zero-order valence-corrected chi connectivity index (χ0v) is 20.9. The highest BCUT2D eigenvalue weighted by molar-refractivity contribution is 7.80. The number of aromatic nitrogens is 2. The predicted octanol–water partition coefficient (Wildman–Crippen LogP) is 4.67. The highest BCUT2D eigenvalue weighted by Gasteiger charge is 2.31. The van der Waals surface area contributed by atoms with Crippen molar-refractivity contribution in [1.29, 1.82) is 0 Å². The average Bonchev–Trinajstić information content (AvgIpc) is 3.24. The number of aromatic amines is 1. The van der Waals surface area contributed by atoms with Gasteiger partial charge in [0.2, 0.25) is 6.17 Å². The van der Waals surface area contributed by atoms with E-state index in [1.54, 1.807) is 36.2 Å². The number of halogens is 2. The third-order valence-corrected chi connectivity index (χ3v) is 6.48. The number of hydrogen-bond acceptors (Lipinski definition) is 4. The van der Waals surface area contributed by atoms with E-state index in [1.807, 2.05) is 42.5 Å². The zero-order valence-electron chi connectivity index (χ0n) is 18.5. The summed E-state index contributed by atoms with van der Waals surface area (Å²) in [6.45, 7) is 0.355. The quantitative estimate of drug-likeness (QED) is 0.339. The van der Waals surface area contributed by atoms with E-state index in [2.05, 4.69) is 20.6 Å². The number of aliphatic imine (C=N–C) groups is 1. The standard InChI is InChI=1S/C25H20Cl2N6OS/c1-33-20-11-10-14(26)12-16(20)22(15-6-2-3-7-17(15)27)31-23(24(33)34)32-25(35)28-13-21-29-18-8-4-5-9-19(18)30-21/h2-12,23H,13H2,1H3,(H,29,30)(H2,28,32,35). The first-order chi connectivity index (χ1) is 16.9. The minimum Gasteiger partial charge on any atom is -0.355 e. The van der Waals surface area contributed by atoms with Crippen molar-refractivity contribution < 1.29 is 4.79 Å². The minimum absolute atomic E-state index is 0.267. The smallest absolute Gasteiger partial charge is 0.272 e. The molecule has 0 spiro atoms. The molecular weight excluding hydrogens is 503 g/mol. The number of benzene rings is 3. The summed E-state index contributed by atoms with van der Waals surface area (Å²) >= 11 is 18.3. The number of amides is 1. The number of para-hydroxylation sites is 2. The molecule has 0 saturated carbocycles. The molecule has 35 heavy (non-hydrogen) atoms. The Kier molecular flexibility index (Phi) is 6.42. The Hall–Kier alpha value is -3.46. The van der Waals surface area contributed by atoms with Crippen LogP contribution in [0, 0.1) is 0 Å². The number of benzodiazepines with no additional fused rings is 1. The number of carbonyl (C=O) groups excluding carboxylic acids is 1. The molecule has 10 heteroatoms. The summed E-state index contributed by atoms with van der Waals surface area (Å²) in [4.78, 5) is 27.5. The lowest BCUT2D eigenvalue weighted by Gasteiger charge is -2.21. The summed E-state index contributed by atoms with van der Waals surface area (Å²) in [7, 11) is 1.69. The van der Waals surface area contributed by atoms with E-state index in [-0.39, 0.29) is 11.0 Å². The second kappa shape index (κ2) is 9.65. The van der Waals surface area contributed by atoms with Crippen LogP contribution in [0.15, 0.2) is 71.7 Å². The van der Waals surface area contributed by atoms with E-state index in [0.29, 0.717) is 39.1 Å². The van der Waals surface area contributed by atoms with Crippen LogP contribution in [0.25, 0.3) is 11.0 Å². The van der Waals surface area contributed by atoms with E-state index in [0.717, 1.165) is 16.9 Å². The molecule has 4 aromatic rings. The van der Waals surface area contributed by atoms with Crippen LogP contribution >= 0.6 is 35.4 Å². The molecule has 1 aliphatic heterocycles. The molecule has 3 N–H and O–H groups in total. The highest BCUT2D eigenvalue weighted by atomic mass is 35.5. The van der Waals surface area contributed by atoms with E-state index in [9.17, 15) is 4.79 Å². The van der Waals surface area contributed by atoms with Gasteiger partial charge in [0.15, 0.2) is 5.11 Å². The lowest BCUT2D eigenvalue weighted by atomic mass is 10.00. The van der Waals surface area contributed by atoms with Gasteiger partial charge in [-0.2, -0.15) is 0 Å². The van der Waals surface area contributed by atoms with Crippen LogP contribution in [0.2, 0.25) is 10.0 Å². The molecule has 1 aromatic heterocycles. The first-order valence-corrected chi connectivity index (χ1v) is 12.0. The molecule has 2 heterocycles. The lowest BCUT2D eigenvalue weighted by molar-refractivity contribution is -0.119. The van der Waals surface area contributed by atoms with Crippen LogP contribution in [-0.2, 0) is 11.3 Å². The number of anilines is 1. The number of nitrogens with one attached hydrogen (secondary N) is 3. The van der Waals surface area contributed by atoms with Gasteiger partial charge in [-0.25, -0.2) is 9.98 Å². The van der Waals surface area contributed by atoms with Crippen molar-refractivity contribution in [3.05, 3.63) is 93.7 Å². The maximum atomic E-state index is 13.4. The van der Waals surface area contributed by atoms with Gasteiger partial charge in [-0.15, -0.1) is 0 Å². The fourth-order valence-electron chi connectivity index (χ4n) is 3.94. The molecule has 0 saturated heterocycles. The maximum absolute atomic E-state index is 13.4. The van der Waals surface area contributed by atoms with Gasteiger partial charge in [-0.1, -0.05) is 53.5 Å². The van der Waals surface area contributed by atoms with Gasteiger partial charge in [0.25, 0.3) is 5.91 Å². The minimum atomic E-state index is -0.979. The van der Waals surface area contributed by atoms with Crippen LogP contribution in [-0.4, -0.2) is 39.9 Å². The lowest BCUT2D eigenvalue weighted by Crippen LogP contribution is -2.49. The van der Waals surface area contributed by atoms with Crippen LogP contribution in [0.4, 0.5) is 5.69 Å². The molecule has 1 atom stereocenters. The van der Waals surface area contributed by atoms with Gasteiger partial charge in [-0.05, 0) is 48.6 Å². The van der Waals surface area contributed by atoms with E-state index >= 15 is 0 Å². The van der Waals surface area contributed by atoms with Crippen molar-refractivity contribution in [2.75, 3.05) is 11.9 Å². The fraction of sp³-hybridized carbons (Fsp3) is 0.120. The van der Waals surface area contributed by atoms with Crippen molar-refractivity contribution >= 4 is 68.9 Å². The molecule has 1 unspecified atom stereocenters. The van der Waals surface area contributed by atoms with Crippen molar-refractivity contribution in [2.24, 2.45) is 4.99 Å². The Morgan fingerprint density at radius 2 is 1.86 bits per heavy atom. The van der Waals surface area contributed by atoms with Crippen molar-refractivity contribution in [3.63, 3.8) is 0 Å². The van der Waals surface area contributed by atoms with E-state index in [4.69, 9.17) is 40.4 Å². The summed E-state index contributed by atoms with van der Waals surface area (Å²) in [5.74, 6) is 0.450. The second-order valence-corrected chi connectivity index (χ2v) is 9.20. The normalized spacial score (nSPS) is 15.4. The van der Waals surface area contributed by atoms with Gasteiger partial charge < -0.3 is 20.5 Å². The van der Waals surface area contributed by atoms with Gasteiger partial charge in [0.1, 0.15) is 5.82 Å². The monoisotopic (exact) mass is 522 g/mol. The average molecular weight is 523 g/mol. The first kappa shape index (κ1) is 23.3. The Morgan fingerprint density at radius 1 is 1.09 bits per heavy atom. The van der Waals surface area contributed by atoms with Crippen LogP contribution in [0.5, 0.6) is 0 Å². The Balaban J connectivity index is 1.44. The summed E-state index contributed by atoms with van der Waals surface area (Å²) in [5, 5.41) is 7.44. The molecule has 0 bridgehead atoms. The molecule has 0 aliphatic carbocycles. The number of thiocarbonyl (C=S) groups is 1. The van der Waals surface area contributed by atoms with E-state index < -0.39 is 6.17 Å². The van der Waals surface area contributed by atoms with Crippen LogP contribution < -0.4 is 15.5 Å².